The smallest absolute Gasteiger partial charge is 0.257 e. The quantitative estimate of drug-likeness (QED) is 0.816. The third-order valence-corrected chi connectivity index (χ3v) is 6.23. The summed E-state index contributed by atoms with van der Waals surface area (Å²) in [7, 11) is 0. The van der Waals surface area contributed by atoms with Crippen molar-refractivity contribution < 1.29 is 18.3 Å². The minimum absolute atomic E-state index is 0.0241. The van der Waals surface area contributed by atoms with E-state index in [1.807, 2.05) is 6.07 Å². The van der Waals surface area contributed by atoms with Crippen molar-refractivity contribution in [3.8, 4) is 6.07 Å². The highest BCUT2D eigenvalue weighted by atomic mass is 32.2. The summed E-state index contributed by atoms with van der Waals surface area (Å²) in [5.74, 6) is -1.40. The van der Waals surface area contributed by atoms with Gasteiger partial charge in [0, 0.05) is 28.9 Å². The summed E-state index contributed by atoms with van der Waals surface area (Å²) in [6.45, 7) is -0.0241. The standard InChI is InChI=1S/C21H17F2N3O2S/c22-15-6-7-17(18(23)9-15)21-12-28-16(10-24)8-14(21)11-29-20(26-21)25-19(27)13-4-2-1-3-5-13/h1-7,9,14,16H,8,11-12H2,(H,25,26,27). The number of nitriles is 1. The first-order valence-corrected chi connectivity index (χ1v) is 10.1. The lowest BCUT2D eigenvalue weighted by molar-refractivity contribution is -0.0308. The number of carbonyl (C=O) groups is 1. The second-order valence-corrected chi connectivity index (χ2v) is 7.97. The van der Waals surface area contributed by atoms with Crippen molar-refractivity contribution in [3.05, 3.63) is 71.3 Å². The molecule has 0 saturated carbocycles. The van der Waals surface area contributed by atoms with Crippen molar-refractivity contribution in [2.75, 3.05) is 12.4 Å². The first-order chi connectivity index (χ1) is 14.0. The zero-order valence-electron chi connectivity index (χ0n) is 15.3. The Morgan fingerprint density at radius 3 is 2.79 bits per heavy atom. The molecule has 1 saturated heterocycles. The van der Waals surface area contributed by atoms with Gasteiger partial charge in [-0.3, -0.25) is 4.79 Å². The van der Waals surface area contributed by atoms with Crippen molar-refractivity contribution in [1.82, 2.24) is 5.32 Å². The van der Waals surface area contributed by atoms with Crippen LogP contribution in [0.2, 0.25) is 0 Å². The van der Waals surface area contributed by atoms with E-state index < -0.39 is 23.3 Å². The molecule has 1 fully saturated rings. The zero-order valence-corrected chi connectivity index (χ0v) is 16.1. The van der Waals surface area contributed by atoms with Gasteiger partial charge in [0.2, 0.25) is 0 Å². The molecule has 2 aliphatic heterocycles. The molecule has 0 radical (unpaired) electrons. The average Bonchev–Trinajstić information content (AvgIpc) is 2.73. The van der Waals surface area contributed by atoms with Gasteiger partial charge in [-0.25, -0.2) is 13.8 Å². The number of fused-ring (bicyclic) bond motifs is 1. The molecule has 0 aromatic heterocycles. The Morgan fingerprint density at radius 2 is 2.07 bits per heavy atom. The van der Waals surface area contributed by atoms with Crippen LogP contribution in [0.15, 0.2) is 53.5 Å². The van der Waals surface area contributed by atoms with Crippen LogP contribution in [-0.2, 0) is 10.3 Å². The number of amides is 1. The van der Waals surface area contributed by atoms with Gasteiger partial charge in [0.25, 0.3) is 5.91 Å². The highest BCUT2D eigenvalue weighted by Crippen LogP contribution is 2.46. The van der Waals surface area contributed by atoms with Crippen LogP contribution in [0, 0.1) is 28.9 Å². The Morgan fingerprint density at radius 1 is 1.28 bits per heavy atom. The number of benzene rings is 2. The first-order valence-electron chi connectivity index (χ1n) is 9.07. The predicted octanol–water partition coefficient (Wildman–Crippen LogP) is 3.62. The number of amidine groups is 1. The monoisotopic (exact) mass is 413 g/mol. The number of halogens is 2. The number of nitrogens with zero attached hydrogens (tertiary/aromatic N) is 2. The number of nitrogens with one attached hydrogen (secondary N) is 1. The second-order valence-electron chi connectivity index (χ2n) is 6.96. The van der Waals surface area contributed by atoms with E-state index in [1.54, 1.807) is 24.3 Å². The molecule has 0 bridgehead atoms. The Bertz CT molecular complexity index is 1010. The van der Waals surface area contributed by atoms with E-state index in [0.29, 0.717) is 22.9 Å². The molecule has 3 atom stereocenters. The maximum absolute atomic E-state index is 14.7. The molecule has 2 aromatic rings. The first kappa shape index (κ1) is 19.6. The summed E-state index contributed by atoms with van der Waals surface area (Å²) in [5.41, 5.74) is -0.452. The molecule has 5 nitrogen and oxygen atoms in total. The van der Waals surface area contributed by atoms with Gasteiger partial charge in [0.1, 0.15) is 23.3 Å². The molecule has 0 aliphatic carbocycles. The van der Waals surface area contributed by atoms with Gasteiger partial charge in [-0.1, -0.05) is 36.0 Å². The van der Waals surface area contributed by atoms with E-state index in [0.717, 1.165) is 6.07 Å². The lowest BCUT2D eigenvalue weighted by Crippen LogP contribution is -2.51. The topological polar surface area (TPSA) is 74.5 Å². The molecule has 0 spiro atoms. The normalized spacial score (nSPS) is 26.0. The van der Waals surface area contributed by atoms with E-state index in [-0.39, 0.29) is 24.0 Å². The van der Waals surface area contributed by atoms with Gasteiger partial charge in [0.05, 0.1) is 12.7 Å². The summed E-state index contributed by atoms with van der Waals surface area (Å²) in [6, 6.07) is 14.1. The van der Waals surface area contributed by atoms with Gasteiger partial charge in [0.15, 0.2) is 5.17 Å². The van der Waals surface area contributed by atoms with E-state index in [9.17, 15) is 18.8 Å². The van der Waals surface area contributed by atoms with E-state index in [2.05, 4.69) is 16.4 Å². The lowest BCUT2D eigenvalue weighted by Gasteiger charge is -2.45. The Kier molecular flexibility index (Phi) is 5.35. The van der Waals surface area contributed by atoms with Crippen LogP contribution >= 0.6 is 11.8 Å². The molecule has 2 aliphatic rings. The van der Waals surface area contributed by atoms with Crippen LogP contribution in [0.5, 0.6) is 0 Å². The van der Waals surface area contributed by atoms with Crippen molar-refractivity contribution in [1.29, 1.82) is 5.26 Å². The van der Waals surface area contributed by atoms with Crippen molar-refractivity contribution in [3.63, 3.8) is 0 Å². The second kappa shape index (κ2) is 7.93. The summed E-state index contributed by atoms with van der Waals surface area (Å²) in [5, 5.41) is 12.3. The largest absolute Gasteiger partial charge is 0.360 e. The van der Waals surface area contributed by atoms with Crippen molar-refractivity contribution >= 4 is 22.8 Å². The molecule has 2 aromatic carbocycles. The fourth-order valence-corrected chi connectivity index (χ4v) is 4.86. The molecule has 8 heteroatoms. The van der Waals surface area contributed by atoms with E-state index >= 15 is 0 Å². The molecule has 3 unspecified atom stereocenters. The fourth-order valence-electron chi connectivity index (χ4n) is 3.70. The maximum atomic E-state index is 14.7. The predicted molar refractivity (Wildman–Crippen MR) is 105 cm³/mol. The minimum atomic E-state index is -1.13. The van der Waals surface area contributed by atoms with Crippen LogP contribution in [0.3, 0.4) is 0 Å². The highest BCUT2D eigenvalue weighted by Gasteiger charge is 2.50. The Balaban J connectivity index is 1.71. The number of thioether (sulfide) groups is 1. The van der Waals surface area contributed by atoms with Crippen LogP contribution in [0.4, 0.5) is 8.78 Å². The molecule has 1 amide bonds. The Labute approximate surface area is 170 Å². The summed E-state index contributed by atoms with van der Waals surface area (Å²) in [6.07, 6.45) is -0.225. The third-order valence-electron chi connectivity index (χ3n) is 5.20. The van der Waals surface area contributed by atoms with Crippen molar-refractivity contribution in [2.24, 2.45) is 10.9 Å². The average molecular weight is 413 g/mol. The van der Waals surface area contributed by atoms with Crippen LogP contribution in [0.25, 0.3) is 0 Å². The molecule has 4 rings (SSSR count). The number of hydrogen-bond acceptors (Lipinski definition) is 5. The van der Waals surface area contributed by atoms with Crippen molar-refractivity contribution in [2.45, 2.75) is 18.1 Å². The number of hydrogen-bond donors (Lipinski definition) is 1. The molecular formula is C21H17F2N3O2S. The highest BCUT2D eigenvalue weighted by molar-refractivity contribution is 8.13. The van der Waals surface area contributed by atoms with Gasteiger partial charge in [-0.2, -0.15) is 5.26 Å². The van der Waals surface area contributed by atoms with Crippen LogP contribution < -0.4 is 5.32 Å². The number of aliphatic imine (C=N–C) groups is 1. The lowest BCUT2D eigenvalue weighted by atomic mass is 9.75. The summed E-state index contributed by atoms with van der Waals surface area (Å²) in [4.78, 5) is 17.2. The van der Waals surface area contributed by atoms with Gasteiger partial charge in [-0.15, -0.1) is 0 Å². The van der Waals surface area contributed by atoms with E-state index in [1.165, 1.54) is 23.9 Å². The van der Waals surface area contributed by atoms with Gasteiger partial charge in [-0.05, 0) is 24.6 Å². The third kappa shape index (κ3) is 3.76. The summed E-state index contributed by atoms with van der Waals surface area (Å²) < 4.78 is 33.8. The fraction of sp³-hybridized carbons (Fsp3) is 0.286. The maximum Gasteiger partial charge on any atom is 0.257 e. The number of carbonyl (C=O) groups excluding carboxylic acids is 1. The van der Waals surface area contributed by atoms with Crippen LogP contribution in [0.1, 0.15) is 22.3 Å². The molecule has 29 heavy (non-hydrogen) atoms. The van der Waals surface area contributed by atoms with Gasteiger partial charge < -0.3 is 10.1 Å². The number of rotatable bonds is 2. The number of ether oxygens (including phenoxy) is 1. The SMILES string of the molecule is N#CC1CC2CSC(NC(=O)c3ccccc3)=NC2(c2ccc(F)cc2F)CO1. The van der Waals surface area contributed by atoms with Gasteiger partial charge >= 0.3 is 0 Å². The minimum Gasteiger partial charge on any atom is -0.360 e. The molecular weight excluding hydrogens is 396 g/mol. The molecule has 148 valence electrons. The Hall–Kier alpha value is -2.76. The van der Waals surface area contributed by atoms with E-state index in [4.69, 9.17) is 4.74 Å². The molecule has 2 heterocycles. The van der Waals surface area contributed by atoms with Crippen LogP contribution in [-0.4, -0.2) is 29.5 Å². The molecule has 1 N–H and O–H groups in total. The zero-order chi connectivity index (χ0) is 20.4. The summed E-state index contributed by atoms with van der Waals surface area (Å²) >= 11 is 1.34.